The largest absolute Gasteiger partial charge is 0.334 e. The molecule has 2 heterocycles. The van der Waals surface area contributed by atoms with E-state index in [0.29, 0.717) is 17.8 Å². The molecule has 0 aliphatic carbocycles. The number of rotatable bonds is 5. The molecule has 0 spiro atoms. The highest BCUT2D eigenvalue weighted by Gasteiger charge is 2.29. The van der Waals surface area contributed by atoms with E-state index in [2.05, 4.69) is 9.88 Å². The number of piperidine rings is 1. The first-order chi connectivity index (χ1) is 12.5. The molecule has 8 nitrogen and oxygen atoms in total. The van der Waals surface area contributed by atoms with Crippen LogP contribution in [-0.2, 0) is 0 Å². The summed E-state index contributed by atoms with van der Waals surface area (Å²) in [4.78, 5) is 31.9. The topological polar surface area (TPSA) is 84.5 Å². The summed E-state index contributed by atoms with van der Waals surface area (Å²) in [6.45, 7) is 1.48. The average Bonchev–Trinajstić information content (AvgIpc) is 3.15. The van der Waals surface area contributed by atoms with Gasteiger partial charge in [0.05, 0.1) is 11.3 Å². The lowest BCUT2D eigenvalue weighted by Gasteiger charge is -2.37. The number of likely N-dealkylation sites (tertiary alicyclic amines) is 1. The summed E-state index contributed by atoms with van der Waals surface area (Å²) in [5.74, 6) is -0.142. The van der Waals surface area contributed by atoms with Crippen molar-refractivity contribution in [3.63, 3.8) is 0 Å². The third kappa shape index (κ3) is 3.75. The zero-order valence-electron chi connectivity index (χ0n) is 15.0. The molecule has 138 valence electrons. The molecule has 0 radical (unpaired) electrons. The fourth-order valence-corrected chi connectivity index (χ4v) is 3.47. The third-order valence-corrected chi connectivity index (χ3v) is 4.67. The summed E-state index contributed by atoms with van der Waals surface area (Å²) >= 11 is 0. The van der Waals surface area contributed by atoms with Gasteiger partial charge in [-0.05, 0) is 45.5 Å². The van der Waals surface area contributed by atoms with Gasteiger partial charge in [0.15, 0.2) is 0 Å². The number of likely N-dealkylation sites (N-methyl/N-ethyl adjacent to an activating group) is 1. The fraction of sp³-hybridized carbons (Fsp3) is 0.444. The van der Waals surface area contributed by atoms with Crippen LogP contribution in [-0.4, -0.2) is 63.4 Å². The van der Waals surface area contributed by atoms with Crippen molar-refractivity contribution in [3.8, 4) is 5.69 Å². The van der Waals surface area contributed by atoms with Crippen molar-refractivity contribution in [1.29, 1.82) is 0 Å². The number of aromatic nitrogens is 2. The molecule has 1 aromatic heterocycles. The molecule has 1 saturated heterocycles. The number of imidazole rings is 1. The molecule has 1 aliphatic heterocycles. The zero-order valence-corrected chi connectivity index (χ0v) is 15.0. The predicted molar refractivity (Wildman–Crippen MR) is 97.4 cm³/mol. The average molecular weight is 357 g/mol. The predicted octanol–water partition coefficient (Wildman–Crippen LogP) is 2.34. The Balaban J connectivity index is 1.91. The number of carbonyl (C=O) groups excluding carboxylic acids is 1. The standard InChI is InChI=1S/C18H23N5O3/c1-20(2)12-15-5-3-4-9-22(15)18(24)14-6-7-16(17(11-14)23(25)26)21-10-8-19-13-21/h6-8,10-11,13,15H,3-5,9,12H2,1-2H3. The van der Waals surface area contributed by atoms with E-state index in [9.17, 15) is 14.9 Å². The van der Waals surface area contributed by atoms with Gasteiger partial charge in [0.25, 0.3) is 11.6 Å². The molecule has 1 atom stereocenters. The normalized spacial score (nSPS) is 17.5. The summed E-state index contributed by atoms with van der Waals surface area (Å²) in [6.07, 6.45) is 7.72. The van der Waals surface area contributed by atoms with Gasteiger partial charge in [0.1, 0.15) is 5.69 Å². The van der Waals surface area contributed by atoms with Crippen LogP contribution in [0.2, 0.25) is 0 Å². The molecule has 0 bridgehead atoms. The Bertz CT molecular complexity index is 788. The Hall–Kier alpha value is -2.74. The monoisotopic (exact) mass is 357 g/mol. The first-order valence-electron chi connectivity index (χ1n) is 8.70. The summed E-state index contributed by atoms with van der Waals surface area (Å²) in [6, 6.07) is 4.78. The maximum absolute atomic E-state index is 13.0. The van der Waals surface area contributed by atoms with Gasteiger partial charge >= 0.3 is 0 Å². The molecule has 0 saturated carbocycles. The second-order valence-corrected chi connectivity index (χ2v) is 6.84. The molecular formula is C18H23N5O3. The van der Waals surface area contributed by atoms with Crippen molar-refractivity contribution in [2.24, 2.45) is 0 Å². The molecule has 26 heavy (non-hydrogen) atoms. The van der Waals surface area contributed by atoms with E-state index in [4.69, 9.17) is 0 Å². The summed E-state index contributed by atoms with van der Waals surface area (Å²) in [7, 11) is 3.98. The van der Waals surface area contributed by atoms with E-state index in [-0.39, 0.29) is 17.6 Å². The van der Waals surface area contributed by atoms with Crippen LogP contribution < -0.4 is 0 Å². The zero-order chi connectivity index (χ0) is 18.7. The molecule has 1 aromatic carbocycles. The SMILES string of the molecule is CN(C)CC1CCCCN1C(=O)c1ccc(-n2ccnc2)c([N+](=O)[O-])c1. The number of nitrogens with zero attached hydrogens (tertiary/aromatic N) is 5. The quantitative estimate of drug-likeness (QED) is 0.606. The highest BCUT2D eigenvalue weighted by atomic mass is 16.6. The number of amides is 1. The molecule has 1 aliphatic rings. The summed E-state index contributed by atoms with van der Waals surface area (Å²) in [5.41, 5.74) is 0.647. The van der Waals surface area contributed by atoms with E-state index in [1.165, 1.54) is 12.4 Å². The third-order valence-electron chi connectivity index (χ3n) is 4.67. The van der Waals surface area contributed by atoms with Crippen LogP contribution in [0, 0.1) is 10.1 Å². The lowest BCUT2D eigenvalue weighted by molar-refractivity contribution is -0.384. The van der Waals surface area contributed by atoms with Crippen molar-refractivity contribution in [2.45, 2.75) is 25.3 Å². The molecule has 8 heteroatoms. The lowest BCUT2D eigenvalue weighted by atomic mass is 10.00. The molecule has 0 N–H and O–H groups in total. The van der Waals surface area contributed by atoms with Gasteiger partial charge in [-0.15, -0.1) is 0 Å². The van der Waals surface area contributed by atoms with Crippen molar-refractivity contribution in [3.05, 3.63) is 52.6 Å². The maximum atomic E-state index is 13.0. The highest BCUT2D eigenvalue weighted by Crippen LogP contribution is 2.26. The first kappa shape index (κ1) is 18.1. The first-order valence-corrected chi connectivity index (χ1v) is 8.70. The van der Waals surface area contributed by atoms with E-state index >= 15 is 0 Å². The van der Waals surface area contributed by atoms with Crippen LogP contribution in [0.1, 0.15) is 29.6 Å². The van der Waals surface area contributed by atoms with Crippen LogP contribution in [0.5, 0.6) is 0 Å². The van der Waals surface area contributed by atoms with Crippen molar-refractivity contribution >= 4 is 11.6 Å². The smallest absolute Gasteiger partial charge is 0.294 e. The van der Waals surface area contributed by atoms with Gasteiger partial charge in [-0.3, -0.25) is 14.9 Å². The van der Waals surface area contributed by atoms with Crippen LogP contribution in [0.25, 0.3) is 5.69 Å². The van der Waals surface area contributed by atoms with Crippen molar-refractivity contribution < 1.29 is 9.72 Å². The minimum Gasteiger partial charge on any atom is -0.334 e. The van der Waals surface area contributed by atoms with Gasteiger partial charge in [0.2, 0.25) is 0 Å². The molecule has 3 rings (SSSR count). The Morgan fingerprint density at radius 1 is 1.38 bits per heavy atom. The van der Waals surface area contributed by atoms with Crippen LogP contribution in [0.15, 0.2) is 36.9 Å². The molecular weight excluding hydrogens is 334 g/mol. The van der Waals surface area contributed by atoms with Crippen molar-refractivity contribution in [2.75, 3.05) is 27.2 Å². The Morgan fingerprint density at radius 3 is 2.85 bits per heavy atom. The Morgan fingerprint density at radius 2 is 2.19 bits per heavy atom. The van der Waals surface area contributed by atoms with Gasteiger partial charge in [-0.1, -0.05) is 0 Å². The number of carbonyl (C=O) groups is 1. The van der Waals surface area contributed by atoms with Crippen LogP contribution in [0.4, 0.5) is 5.69 Å². The molecule has 1 amide bonds. The minimum absolute atomic E-state index is 0.102. The number of hydrogen-bond acceptors (Lipinski definition) is 5. The lowest BCUT2D eigenvalue weighted by Crippen LogP contribution is -2.48. The number of nitro benzene ring substituents is 1. The second-order valence-electron chi connectivity index (χ2n) is 6.84. The van der Waals surface area contributed by atoms with Gasteiger partial charge in [0, 0.05) is 43.2 Å². The van der Waals surface area contributed by atoms with Crippen LogP contribution >= 0.6 is 0 Å². The van der Waals surface area contributed by atoms with Crippen molar-refractivity contribution in [1.82, 2.24) is 19.4 Å². The molecule has 2 aromatic rings. The Labute approximate surface area is 152 Å². The maximum Gasteiger partial charge on any atom is 0.294 e. The second kappa shape index (κ2) is 7.65. The molecule has 1 unspecified atom stereocenters. The van der Waals surface area contributed by atoms with Gasteiger partial charge in [-0.25, -0.2) is 4.98 Å². The number of nitro groups is 1. The fourth-order valence-electron chi connectivity index (χ4n) is 3.47. The van der Waals surface area contributed by atoms with E-state index in [1.807, 2.05) is 19.0 Å². The number of hydrogen-bond donors (Lipinski definition) is 0. The van der Waals surface area contributed by atoms with E-state index < -0.39 is 4.92 Å². The van der Waals surface area contributed by atoms with E-state index in [1.54, 1.807) is 29.1 Å². The van der Waals surface area contributed by atoms with Gasteiger partial charge in [-0.2, -0.15) is 0 Å². The summed E-state index contributed by atoms with van der Waals surface area (Å²) < 4.78 is 1.57. The molecule has 1 fully saturated rings. The van der Waals surface area contributed by atoms with E-state index in [0.717, 1.165) is 25.8 Å². The minimum atomic E-state index is -0.459. The van der Waals surface area contributed by atoms with Crippen LogP contribution in [0.3, 0.4) is 0 Å². The summed E-state index contributed by atoms with van der Waals surface area (Å²) in [5, 5.41) is 11.5. The highest BCUT2D eigenvalue weighted by molar-refractivity contribution is 5.95. The van der Waals surface area contributed by atoms with Gasteiger partial charge < -0.3 is 14.4 Å². The Kier molecular flexibility index (Phi) is 5.32. The number of benzene rings is 1.